The molecule has 2 saturated heterocycles. The van der Waals surface area contributed by atoms with Crippen LogP contribution >= 0.6 is 0 Å². The predicted octanol–water partition coefficient (Wildman–Crippen LogP) is 6.33. The van der Waals surface area contributed by atoms with E-state index in [1.54, 1.807) is 0 Å². The van der Waals surface area contributed by atoms with E-state index < -0.39 is 6.29 Å². The molecule has 1 unspecified atom stereocenters. The van der Waals surface area contributed by atoms with E-state index in [9.17, 15) is 9.50 Å². The topological polar surface area (TPSA) is 53.8 Å². The molecule has 7 heteroatoms. The van der Waals surface area contributed by atoms with Crippen LogP contribution in [0.15, 0.2) is 30.3 Å². The molecule has 1 aliphatic carbocycles. The summed E-state index contributed by atoms with van der Waals surface area (Å²) >= 11 is 0. The lowest BCUT2D eigenvalue weighted by Gasteiger charge is -2.42. The molecule has 2 aromatic heterocycles. The van der Waals surface area contributed by atoms with Gasteiger partial charge in [0.25, 0.3) is 0 Å². The first-order chi connectivity index (χ1) is 19.0. The highest BCUT2D eigenvalue weighted by molar-refractivity contribution is 5.97. The van der Waals surface area contributed by atoms with E-state index in [2.05, 4.69) is 34.3 Å². The number of fused-ring (bicyclic) bond motifs is 1. The van der Waals surface area contributed by atoms with Crippen LogP contribution in [0.4, 0.5) is 10.1 Å². The zero-order chi connectivity index (χ0) is 27.1. The Labute approximate surface area is 231 Å². The molecular formula is C32H43FN4O2. The van der Waals surface area contributed by atoms with Gasteiger partial charge in [-0.25, -0.2) is 9.37 Å². The SMILES string of the molecule is CCc1c(C2CCC2)c2c(N3CCC(N4CCC(C)CC4)CC3)cc(C(O)OC)nc2n1-c1ccc(F)cc1. The fraction of sp³-hybridized carbons (Fsp3) is 0.594. The van der Waals surface area contributed by atoms with E-state index >= 15 is 0 Å². The van der Waals surface area contributed by atoms with Crippen molar-refractivity contribution in [2.45, 2.75) is 83.5 Å². The van der Waals surface area contributed by atoms with Gasteiger partial charge in [-0.15, -0.1) is 0 Å². The molecule has 0 amide bonds. The second kappa shape index (κ2) is 11.2. The summed E-state index contributed by atoms with van der Waals surface area (Å²) in [5.41, 5.74) is 6.08. The van der Waals surface area contributed by atoms with E-state index in [-0.39, 0.29) is 5.82 Å². The van der Waals surface area contributed by atoms with Crippen LogP contribution in [0.25, 0.3) is 16.7 Å². The number of methoxy groups -OCH3 is 1. The molecule has 1 saturated carbocycles. The summed E-state index contributed by atoms with van der Waals surface area (Å²) in [5.74, 6) is 1.11. The second-order valence-corrected chi connectivity index (χ2v) is 11.9. The number of pyridine rings is 1. The number of aliphatic hydroxyl groups is 1. The Morgan fingerprint density at radius 3 is 2.31 bits per heavy atom. The molecule has 3 aliphatic rings. The first-order valence-electron chi connectivity index (χ1n) is 15.0. The van der Waals surface area contributed by atoms with Crippen LogP contribution in [-0.4, -0.2) is 58.9 Å². The minimum absolute atomic E-state index is 0.248. The molecule has 2 aliphatic heterocycles. The number of likely N-dealkylation sites (tertiary alicyclic amines) is 1. The molecule has 1 atom stereocenters. The van der Waals surface area contributed by atoms with Crippen molar-refractivity contribution in [3.05, 3.63) is 53.1 Å². The Balaban J connectivity index is 1.46. The van der Waals surface area contributed by atoms with Crippen molar-refractivity contribution in [1.82, 2.24) is 14.5 Å². The van der Waals surface area contributed by atoms with Gasteiger partial charge < -0.3 is 19.6 Å². The van der Waals surface area contributed by atoms with Crippen molar-refractivity contribution in [1.29, 1.82) is 0 Å². The van der Waals surface area contributed by atoms with Gasteiger partial charge in [-0.1, -0.05) is 20.3 Å². The molecule has 6 rings (SSSR count). The number of ether oxygens (including phenoxy) is 1. The van der Waals surface area contributed by atoms with E-state index in [4.69, 9.17) is 9.72 Å². The van der Waals surface area contributed by atoms with Gasteiger partial charge in [0.2, 0.25) is 0 Å². The van der Waals surface area contributed by atoms with Crippen LogP contribution in [0.2, 0.25) is 0 Å². The van der Waals surface area contributed by atoms with Crippen LogP contribution in [0.1, 0.15) is 88.0 Å². The highest BCUT2D eigenvalue weighted by Crippen LogP contribution is 2.47. The van der Waals surface area contributed by atoms with Gasteiger partial charge in [-0.05, 0) is 106 Å². The van der Waals surface area contributed by atoms with Crippen molar-refractivity contribution < 1.29 is 14.2 Å². The number of nitrogens with zero attached hydrogens (tertiary/aromatic N) is 4. The third kappa shape index (κ3) is 4.98. The fourth-order valence-electron chi connectivity index (χ4n) is 7.07. The third-order valence-electron chi connectivity index (χ3n) is 9.61. The van der Waals surface area contributed by atoms with Crippen LogP contribution in [0.5, 0.6) is 0 Å². The average molecular weight is 535 g/mol. The van der Waals surface area contributed by atoms with Gasteiger partial charge in [0.05, 0.1) is 5.69 Å². The van der Waals surface area contributed by atoms with Crippen molar-refractivity contribution in [2.75, 3.05) is 38.2 Å². The Hall–Kier alpha value is -2.48. The van der Waals surface area contributed by atoms with Gasteiger partial charge in [-0.3, -0.25) is 4.57 Å². The van der Waals surface area contributed by atoms with Crippen LogP contribution < -0.4 is 4.90 Å². The average Bonchev–Trinajstić information content (AvgIpc) is 3.26. The van der Waals surface area contributed by atoms with E-state index in [1.165, 1.54) is 81.1 Å². The summed E-state index contributed by atoms with van der Waals surface area (Å²) in [7, 11) is 1.51. The molecule has 6 nitrogen and oxygen atoms in total. The molecule has 3 aromatic rings. The van der Waals surface area contributed by atoms with E-state index in [1.807, 2.05) is 12.1 Å². The summed E-state index contributed by atoms with van der Waals surface area (Å²) < 4.78 is 21.5. The number of hydrogen-bond donors (Lipinski definition) is 1. The minimum Gasteiger partial charge on any atom is -0.371 e. The summed E-state index contributed by atoms with van der Waals surface area (Å²) in [6.45, 7) is 9.01. The quantitative estimate of drug-likeness (QED) is 0.359. The zero-order valence-corrected chi connectivity index (χ0v) is 23.7. The highest BCUT2D eigenvalue weighted by Gasteiger charge is 2.34. The van der Waals surface area contributed by atoms with Crippen LogP contribution in [0.3, 0.4) is 0 Å². The first kappa shape index (κ1) is 26.7. The summed E-state index contributed by atoms with van der Waals surface area (Å²) in [5, 5.41) is 12.0. The summed E-state index contributed by atoms with van der Waals surface area (Å²) in [4.78, 5) is 10.3. The van der Waals surface area contributed by atoms with Crippen molar-refractivity contribution >= 4 is 16.7 Å². The van der Waals surface area contributed by atoms with E-state index in [0.717, 1.165) is 55.3 Å². The maximum absolute atomic E-state index is 13.9. The molecule has 4 heterocycles. The molecule has 1 aromatic carbocycles. The lowest BCUT2D eigenvalue weighted by Crippen LogP contribution is -2.47. The maximum atomic E-state index is 13.9. The molecule has 0 radical (unpaired) electrons. The van der Waals surface area contributed by atoms with Crippen LogP contribution in [-0.2, 0) is 11.2 Å². The minimum atomic E-state index is -1.10. The number of piperidine rings is 2. The van der Waals surface area contributed by atoms with Crippen LogP contribution in [0, 0.1) is 11.7 Å². The molecule has 210 valence electrons. The van der Waals surface area contributed by atoms with Gasteiger partial charge >= 0.3 is 0 Å². The predicted molar refractivity (Wildman–Crippen MR) is 154 cm³/mol. The number of aromatic nitrogens is 2. The number of halogens is 1. The number of rotatable bonds is 7. The number of hydrogen-bond acceptors (Lipinski definition) is 5. The van der Waals surface area contributed by atoms with Gasteiger partial charge in [0.1, 0.15) is 17.2 Å². The van der Waals surface area contributed by atoms with Gasteiger partial charge in [-0.2, -0.15) is 0 Å². The van der Waals surface area contributed by atoms with Gasteiger partial charge in [0, 0.05) is 43.0 Å². The molecule has 39 heavy (non-hydrogen) atoms. The first-order valence-corrected chi connectivity index (χ1v) is 15.0. The third-order valence-corrected chi connectivity index (χ3v) is 9.61. The largest absolute Gasteiger partial charge is 0.371 e. The molecule has 3 fully saturated rings. The molecular weight excluding hydrogens is 491 g/mol. The molecule has 0 bridgehead atoms. The standard InChI is InChI=1S/C32H43FN4O2/c1-4-27-29(22-6-5-7-22)30-28(36-18-14-24(15-19-36)35-16-12-21(2)13-17-35)20-26(32(38)39-3)34-31(30)37(27)25-10-8-23(33)9-11-25/h8-11,20-22,24,32,38H,4-7,12-19H2,1-3H3. The monoisotopic (exact) mass is 534 g/mol. The second-order valence-electron chi connectivity index (χ2n) is 11.9. The number of aliphatic hydroxyl groups excluding tert-OH is 1. The lowest BCUT2D eigenvalue weighted by atomic mass is 9.78. The highest BCUT2D eigenvalue weighted by atomic mass is 19.1. The van der Waals surface area contributed by atoms with Crippen molar-refractivity contribution in [3.63, 3.8) is 0 Å². The summed E-state index contributed by atoms with van der Waals surface area (Å²) in [6.07, 6.45) is 8.30. The molecule has 0 spiro atoms. The lowest BCUT2D eigenvalue weighted by molar-refractivity contribution is -0.0796. The van der Waals surface area contributed by atoms with Gasteiger partial charge in [0.15, 0.2) is 6.29 Å². The molecule has 1 N–H and O–H groups in total. The number of anilines is 1. The van der Waals surface area contributed by atoms with Crippen molar-refractivity contribution in [3.8, 4) is 5.69 Å². The Morgan fingerprint density at radius 2 is 1.72 bits per heavy atom. The zero-order valence-electron chi connectivity index (χ0n) is 23.7. The smallest absolute Gasteiger partial charge is 0.198 e. The van der Waals surface area contributed by atoms with E-state index in [0.29, 0.717) is 17.7 Å². The fourth-order valence-corrected chi connectivity index (χ4v) is 7.07. The summed E-state index contributed by atoms with van der Waals surface area (Å²) in [6, 6.07) is 9.43. The number of benzene rings is 1. The van der Waals surface area contributed by atoms with Crippen molar-refractivity contribution in [2.24, 2.45) is 5.92 Å². The Morgan fingerprint density at radius 1 is 1.03 bits per heavy atom. The Kier molecular flexibility index (Phi) is 7.66. The maximum Gasteiger partial charge on any atom is 0.198 e. The normalized spacial score (nSPS) is 21.0. The Bertz CT molecular complexity index is 1290.